The van der Waals surface area contributed by atoms with E-state index in [1.54, 1.807) is 29.9 Å². The van der Waals surface area contributed by atoms with E-state index < -0.39 is 0 Å². The Morgan fingerprint density at radius 2 is 2.00 bits per heavy atom. The molecule has 36 heavy (non-hydrogen) atoms. The second-order valence-corrected chi connectivity index (χ2v) is 11.0. The number of methoxy groups -OCH3 is 1. The van der Waals surface area contributed by atoms with Crippen molar-refractivity contribution >= 4 is 50.6 Å². The lowest BCUT2D eigenvalue weighted by Crippen LogP contribution is -2.38. The first-order valence-electron chi connectivity index (χ1n) is 11.4. The van der Waals surface area contributed by atoms with E-state index >= 15 is 0 Å². The Hall–Kier alpha value is -3.13. The summed E-state index contributed by atoms with van der Waals surface area (Å²) in [6.07, 6.45) is 3.37. The van der Waals surface area contributed by atoms with Gasteiger partial charge >= 0.3 is 0 Å². The molecule has 1 aliphatic heterocycles. The van der Waals surface area contributed by atoms with E-state index in [1.807, 2.05) is 30.3 Å². The zero-order valence-electron chi connectivity index (χ0n) is 19.2. The van der Waals surface area contributed by atoms with Gasteiger partial charge in [-0.2, -0.15) is 0 Å². The number of halogens is 2. The van der Waals surface area contributed by atoms with Crippen molar-refractivity contribution < 1.29 is 9.84 Å². The molecule has 0 saturated heterocycles. The minimum atomic E-state index is -0.304. The van der Waals surface area contributed by atoms with Crippen molar-refractivity contribution in [3.63, 3.8) is 0 Å². The van der Waals surface area contributed by atoms with Crippen LogP contribution in [0.4, 0.5) is 0 Å². The van der Waals surface area contributed by atoms with E-state index in [0.717, 1.165) is 41.0 Å². The molecule has 6 rings (SSSR count). The van der Waals surface area contributed by atoms with Crippen molar-refractivity contribution in [2.24, 2.45) is 4.99 Å². The fourth-order valence-corrected chi connectivity index (χ4v) is 6.80. The molecule has 1 N–H and O–H groups in total. The maximum absolute atomic E-state index is 13.9. The number of fused-ring (bicyclic) bond motifs is 3. The molecule has 1 aromatic heterocycles. The van der Waals surface area contributed by atoms with Gasteiger partial charge in [0.1, 0.15) is 11.5 Å². The minimum Gasteiger partial charge on any atom is -0.506 e. The number of phenols is 1. The smallest absolute Gasteiger partial charge is 0.271 e. The third-order valence-electron chi connectivity index (χ3n) is 6.63. The number of thiazole rings is 1. The summed E-state index contributed by atoms with van der Waals surface area (Å²) >= 11 is 10.9. The normalized spacial score (nSPS) is 16.8. The maximum atomic E-state index is 13.9. The number of benzene rings is 3. The van der Waals surface area contributed by atoms with Crippen LogP contribution >= 0.6 is 38.9 Å². The van der Waals surface area contributed by atoms with Crippen LogP contribution in [0.15, 0.2) is 80.5 Å². The topological polar surface area (TPSA) is 63.8 Å². The summed E-state index contributed by atoms with van der Waals surface area (Å²) in [5.74, 6) is 0.668. The van der Waals surface area contributed by atoms with E-state index in [0.29, 0.717) is 19.4 Å². The third-order valence-corrected chi connectivity index (χ3v) is 8.36. The molecule has 0 amide bonds. The monoisotopic (exact) mass is 578 g/mol. The summed E-state index contributed by atoms with van der Waals surface area (Å²) in [6.45, 7) is 0. The zero-order valence-corrected chi connectivity index (χ0v) is 22.3. The molecule has 0 radical (unpaired) electrons. The Bertz CT molecular complexity index is 1760. The van der Waals surface area contributed by atoms with Crippen molar-refractivity contribution in [1.29, 1.82) is 0 Å². The average Bonchev–Trinajstić information content (AvgIpc) is 3.20. The Morgan fingerprint density at radius 3 is 2.83 bits per heavy atom. The molecule has 0 bridgehead atoms. The van der Waals surface area contributed by atoms with Crippen LogP contribution in [0.1, 0.15) is 34.7 Å². The molecule has 8 heteroatoms. The van der Waals surface area contributed by atoms with Gasteiger partial charge in [0.2, 0.25) is 0 Å². The highest BCUT2D eigenvalue weighted by molar-refractivity contribution is 9.10. The lowest BCUT2D eigenvalue weighted by Gasteiger charge is -2.31. The van der Waals surface area contributed by atoms with Crippen LogP contribution in [0.2, 0.25) is 5.02 Å². The van der Waals surface area contributed by atoms with Crippen LogP contribution in [-0.2, 0) is 6.42 Å². The number of phenolic OH excluding ortho intramolecular Hbond substituents is 1. The highest BCUT2D eigenvalue weighted by Crippen LogP contribution is 2.41. The van der Waals surface area contributed by atoms with Crippen molar-refractivity contribution in [3.05, 3.63) is 118 Å². The van der Waals surface area contributed by atoms with Gasteiger partial charge < -0.3 is 9.84 Å². The van der Waals surface area contributed by atoms with Gasteiger partial charge in [0, 0.05) is 15.6 Å². The second-order valence-electron chi connectivity index (χ2n) is 8.72. The number of allylic oxidation sites excluding steroid dienone is 1. The fourth-order valence-electron chi connectivity index (χ4n) is 4.97. The summed E-state index contributed by atoms with van der Waals surface area (Å²) in [7, 11) is 1.64. The largest absolute Gasteiger partial charge is 0.506 e. The van der Waals surface area contributed by atoms with Crippen molar-refractivity contribution in [3.8, 4) is 11.5 Å². The van der Waals surface area contributed by atoms with Crippen LogP contribution in [0.3, 0.4) is 0 Å². The Labute approximate surface area is 224 Å². The lowest BCUT2D eigenvalue weighted by molar-refractivity contribution is 0.413. The van der Waals surface area contributed by atoms with E-state index in [1.165, 1.54) is 16.9 Å². The van der Waals surface area contributed by atoms with Crippen LogP contribution in [0.25, 0.3) is 11.8 Å². The molecular weight excluding hydrogens is 560 g/mol. The number of hydrogen-bond acceptors (Lipinski definition) is 5. The number of hydrogen-bond donors (Lipinski definition) is 1. The first-order valence-corrected chi connectivity index (χ1v) is 13.4. The van der Waals surface area contributed by atoms with Crippen LogP contribution in [0, 0.1) is 0 Å². The molecule has 180 valence electrons. The maximum Gasteiger partial charge on any atom is 0.271 e. The third kappa shape index (κ3) is 3.82. The zero-order chi connectivity index (χ0) is 25.0. The van der Waals surface area contributed by atoms with Crippen molar-refractivity contribution in [2.75, 3.05) is 7.11 Å². The molecule has 0 unspecified atom stereocenters. The number of rotatable bonds is 3. The molecule has 5 nitrogen and oxygen atoms in total. The fraction of sp³-hybridized carbons (Fsp3) is 0.143. The number of aromatic nitrogens is 1. The number of aryl methyl sites for hydroxylation is 1. The summed E-state index contributed by atoms with van der Waals surface area (Å²) in [5.41, 5.74) is 5.70. The quantitative estimate of drug-likeness (QED) is 0.351. The van der Waals surface area contributed by atoms with Crippen LogP contribution < -0.4 is 19.6 Å². The number of nitrogens with zero attached hydrogens (tertiary/aromatic N) is 2. The van der Waals surface area contributed by atoms with Gasteiger partial charge in [-0.25, -0.2) is 4.99 Å². The second kappa shape index (κ2) is 9.07. The SMILES string of the molecule is COc1cccc([C@H]2C3=C(N=c4s/c(=C/c5cc(Br)cc(Cl)c5O)c(=O)n42)c2ccccc2CC3)c1. The average molecular weight is 580 g/mol. The number of ether oxygens (including phenoxy) is 1. The summed E-state index contributed by atoms with van der Waals surface area (Å²) in [5, 5.41) is 10.7. The Kier molecular flexibility index (Phi) is 5.86. The van der Waals surface area contributed by atoms with Gasteiger partial charge in [-0.3, -0.25) is 9.36 Å². The highest BCUT2D eigenvalue weighted by atomic mass is 79.9. The van der Waals surface area contributed by atoms with Gasteiger partial charge in [-0.05, 0) is 59.9 Å². The van der Waals surface area contributed by atoms with Gasteiger partial charge in [0.25, 0.3) is 5.56 Å². The Balaban J connectivity index is 1.64. The molecule has 2 heterocycles. The molecular formula is C28H20BrClN2O3S. The molecule has 1 atom stereocenters. The van der Waals surface area contributed by atoms with Gasteiger partial charge in [0.05, 0.1) is 28.4 Å². The van der Waals surface area contributed by atoms with E-state index in [9.17, 15) is 9.90 Å². The molecule has 0 fully saturated rings. The van der Waals surface area contributed by atoms with Crippen molar-refractivity contribution in [2.45, 2.75) is 18.9 Å². The predicted molar refractivity (Wildman–Crippen MR) is 147 cm³/mol. The van der Waals surface area contributed by atoms with Gasteiger partial charge in [-0.1, -0.05) is 75.3 Å². The van der Waals surface area contributed by atoms with E-state index in [2.05, 4.69) is 34.1 Å². The van der Waals surface area contributed by atoms with Crippen molar-refractivity contribution in [1.82, 2.24) is 4.57 Å². The molecule has 3 aromatic carbocycles. The lowest BCUT2D eigenvalue weighted by atomic mass is 9.83. The summed E-state index contributed by atoms with van der Waals surface area (Å²) in [6, 6.07) is 19.2. The molecule has 0 spiro atoms. The van der Waals surface area contributed by atoms with E-state index in [-0.39, 0.29) is 22.4 Å². The summed E-state index contributed by atoms with van der Waals surface area (Å²) in [4.78, 5) is 19.5. The first-order chi connectivity index (χ1) is 17.4. The van der Waals surface area contributed by atoms with Crippen LogP contribution in [-0.4, -0.2) is 16.8 Å². The number of aromatic hydroxyl groups is 1. The van der Waals surface area contributed by atoms with Gasteiger partial charge in [0.15, 0.2) is 4.80 Å². The standard InChI is InChI=1S/C28H20BrClN2O3S/c1-35-19-7-4-6-16(12-19)25-21-10-9-15-5-2-3-8-20(15)24(21)31-28-32(25)27(34)23(36-28)13-17-11-18(29)14-22(30)26(17)33/h2-8,11-14,25,33H,9-10H2,1H3/b23-13+/t25-/m0/s1. The molecule has 2 aliphatic rings. The molecule has 0 saturated carbocycles. The van der Waals surface area contributed by atoms with Crippen LogP contribution in [0.5, 0.6) is 11.5 Å². The van der Waals surface area contributed by atoms with Gasteiger partial charge in [-0.15, -0.1) is 0 Å². The first kappa shape index (κ1) is 23.3. The Morgan fingerprint density at radius 1 is 1.17 bits per heavy atom. The summed E-state index contributed by atoms with van der Waals surface area (Å²) < 4.78 is 8.46. The predicted octanol–water partition coefficient (Wildman–Crippen LogP) is 5.45. The molecule has 1 aliphatic carbocycles. The minimum absolute atomic E-state index is 0.0664. The highest BCUT2D eigenvalue weighted by Gasteiger charge is 2.32. The van der Waals surface area contributed by atoms with E-state index in [4.69, 9.17) is 21.3 Å². The molecule has 4 aromatic rings.